The molecular weight excluding hydrogens is 372 g/mol. The Morgan fingerprint density at radius 3 is 1.73 bits per heavy atom. The van der Waals surface area contributed by atoms with Crippen LogP contribution in [0.15, 0.2) is 66.7 Å². The van der Waals surface area contributed by atoms with Crippen molar-refractivity contribution >= 4 is 23.2 Å². The van der Waals surface area contributed by atoms with Crippen LogP contribution in [0, 0.1) is 13.8 Å². The Bertz CT molecular complexity index is 1080. The van der Waals surface area contributed by atoms with Gasteiger partial charge in [0.1, 0.15) is 0 Å². The maximum Gasteiger partial charge on any atom is 0.255 e. The van der Waals surface area contributed by atoms with Crippen molar-refractivity contribution < 1.29 is 9.59 Å². The molecule has 154 valence electrons. The zero-order valence-electron chi connectivity index (χ0n) is 18.2. The average Bonchev–Trinajstić information content (AvgIpc) is 2.69. The molecule has 0 aliphatic heterocycles. The molecule has 0 heterocycles. The summed E-state index contributed by atoms with van der Waals surface area (Å²) in [5.41, 5.74) is 5.87. The molecule has 0 fully saturated rings. The standard InChI is InChI=1S/C26H28N2O2/c1-17-9-10-20(15-18(17)2)25(30)28-23-8-6-7-22(16-23)27-24(29)19-11-13-21(14-12-19)26(3,4)5/h6-16H,1-5H3,(H,27,29)(H,28,30). The topological polar surface area (TPSA) is 58.2 Å². The Morgan fingerprint density at radius 1 is 0.667 bits per heavy atom. The lowest BCUT2D eigenvalue weighted by molar-refractivity contribution is 0.101. The lowest BCUT2D eigenvalue weighted by Gasteiger charge is -2.19. The maximum atomic E-state index is 12.6. The number of nitrogens with one attached hydrogen (secondary N) is 2. The summed E-state index contributed by atoms with van der Waals surface area (Å²) in [5, 5.41) is 5.79. The number of benzene rings is 3. The van der Waals surface area contributed by atoms with Gasteiger partial charge in [0.05, 0.1) is 0 Å². The van der Waals surface area contributed by atoms with Crippen LogP contribution in [0.25, 0.3) is 0 Å². The Labute approximate surface area is 178 Å². The lowest BCUT2D eigenvalue weighted by atomic mass is 9.87. The van der Waals surface area contributed by atoms with E-state index in [1.165, 1.54) is 5.56 Å². The third-order valence-corrected chi connectivity index (χ3v) is 5.16. The van der Waals surface area contributed by atoms with Crippen molar-refractivity contribution in [2.24, 2.45) is 0 Å². The van der Waals surface area contributed by atoms with E-state index in [1.807, 2.05) is 56.3 Å². The average molecular weight is 401 g/mol. The summed E-state index contributed by atoms with van der Waals surface area (Å²) in [5.74, 6) is -0.368. The molecule has 0 unspecified atom stereocenters. The number of rotatable bonds is 4. The van der Waals surface area contributed by atoms with Gasteiger partial charge < -0.3 is 10.6 Å². The fraction of sp³-hybridized carbons (Fsp3) is 0.231. The van der Waals surface area contributed by atoms with Crippen molar-refractivity contribution in [1.82, 2.24) is 0 Å². The minimum atomic E-state index is -0.187. The summed E-state index contributed by atoms with van der Waals surface area (Å²) in [7, 11) is 0. The highest BCUT2D eigenvalue weighted by Gasteiger charge is 2.14. The van der Waals surface area contributed by atoms with E-state index in [-0.39, 0.29) is 17.2 Å². The number of hydrogen-bond donors (Lipinski definition) is 2. The fourth-order valence-corrected chi connectivity index (χ4v) is 3.09. The molecule has 0 saturated carbocycles. The van der Waals surface area contributed by atoms with Gasteiger partial charge >= 0.3 is 0 Å². The number of carbonyl (C=O) groups is 2. The first kappa shape index (κ1) is 21.3. The van der Waals surface area contributed by atoms with Gasteiger partial charge in [-0.15, -0.1) is 0 Å². The SMILES string of the molecule is Cc1ccc(C(=O)Nc2cccc(NC(=O)c3ccc(C(C)(C)C)cc3)c2)cc1C. The number of carbonyl (C=O) groups excluding carboxylic acids is 2. The van der Waals surface area contributed by atoms with Crippen molar-refractivity contribution in [2.75, 3.05) is 10.6 Å². The minimum absolute atomic E-state index is 0.0392. The van der Waals surface area contributed by atoms with E-state index in [0.717, 1.165) is 11.1 Å². The Balaban J connectivity index is 1.69. The molecule has 0 spiro atoms. The molecule has 4 nitrogen and oxygen atoms in total. The summed E-state index contributed by atoms with van der Waals surface area (Å²) < 4.78 is 0. The second-order valence-electron chi connectivity index (χ2n) is 8.62. The molecule has 0 radical (unpaired) electrons. The Kier molecular flexibility index (Phi) is 6.06. The molecule has 0 saturated heterocycles. The minimum Gasteiger partial charge on any atom is -0.322 e. The van der Waals surface area contributed by atoms with Gasteiger partial charge in [-0.1, -0.05) is 45.0 Å². The van der Waals surface area contributed by atoms with Crippen LogP contribution in [0.3, 0.4) is 0 Å². The molecule has 4 heteroatoms. The fourth-order valence-electron chi connectivity index (χ4n) is 3.09. The molecule has 2 amide bonds. The first-order valence-corrected chi connectivity index (χ1v) is 10.0. The van der Waals surface area contributed by atoms with Crippen LogP contribution in [0.4, 0.5) is 11.4 Å². The molecule has 2 N–H and O–H groups in total. The molecule has 30 heavy (non-hydrogen) atoms. The van der Waals surface area contributed by atoms with Gasteiger partial charge in [-0.25, -0.2) is 0 Å². The van der Waals surface area contributed by atoms with E-state index in [0.29, 0.717) is 22.5 Å². The maximum absolute atomic E-state index is 12.6. The van der Waals surface area contributed by atoms with Crippen molar-refractivity contribution in [3.05, 3.63) is 94.5 Å². The third kappa shape index (κ3) is 5.15. The predicted octanol–water partition coefficient (Wildman–Crippen LogP) is 6.11. The van der Waals surface area contributed by atoms with E-state index in [1.54, 1.807) is 24.3 Å². The number of amides is 2. The van der Waals surface area contributed by atoms with Crippen LogP contribution >= 0.6 is 0 Å². The molecule has 0 aromatic heterocycles. The monoisotopic (exact) mass is 400 g/mol. The summed E-state index contributed by atoms with van der Waals surface area (Å²) >= 11 is 0. The lowest BCUT2D eigenvalue weighted by Crippen LogP contribution is -2.15. The Hall–Kier alpha value is -3.40. The van der Waals surface area contributed by atoms with Gasteiger partial charge in [0.2, 0.25) is 0 Å². The molecular formula is C26H28N2O2. The van der Waals surface area contributed by atoms with Crippen LogP contribution in [0.1, 0.15) is 58.2 Å². The van der Waals surface area contributed by atoms with Crippen LogP contribution in [0.5, 0.6) is 0 Å². The van der Waals surface area contributed by atoms with Gasteiger partial charge in [0.15, 0.2) is 0 Å². The first-order chi connectivity index (χ1) is 14.1. The largest absolute Gasteiger partial charge is 0.322 e. The molecule has 0 atom stereocenters. The van der Waals surface area contributed by atoms with E-state index in [4.69, 9.17) is 0 Å². The van der Waals surface area contributed by atoms with Crippen LogP contribution < -0.4 is 10.6 Å². The molecule has 3 aromatic rings. The highest BCUT2D eigenvalue weighted by molar-refractivity contribution is 6.06. The normalized spacial score (nSPS) is 11.1. The molecule has 3 aromatic carbocycles. The Morgan fingerprint density at radius 2 is 1.20 bits per heavy atom. The van der Waals surface area contributed by atoms with Gasteiger partial charge in [-0.2, -0.15) is 0 Å². The van der Waals surface area contributed by atoms with E-state index in [2.05, 4.69) is 31.4 Å². The number of aryl methyl sites for hydroxylation is 2. The second-order valence-corrected chi connectivity index (χ2v) is 8.62. The quantitative estimate of drug-likeness (QED) is 0.555. The first-order valence-electron chi connectivity index (χ1n) is 10.0. The predicted molar refractivity (Wildman–Crippen MR) is 123 cm³/mol. The van der Waals surface area contributed by atoms with Gasteiger partial charge in [0, 0.05) is 22.5 Å². The molecule has 0 aliphatic rings. The zero-order chi connectivity index (χ0) is 21.9. The molecule has 0 aliphatic carbocycles. The molecule has 3 rings (SSSR count). The summed E-state index contributed by atoms with van der Waals surface area (Å²) in [6, 6.07) is 20.4. The highest BCUT2D eigenvalue weighted by atomic mass is 16.2. The summed E-state index contributed by atoms with van der Waals surface area (Å²) in [6.45, 7) is 10.4. The third-order valence-electron chi connectivity index (χ3n) is 5.16. The summed E-state index contributed by atoms with van der Waals surface area (Å²) in [4.78, 5) is 25.1. The van der Waals surface area contributed by atoms with E-state index < -0.39 is 0 Å². The van der Waals surface area contributed by atoms with Gasteiger partial charge in [-0.05, 0) is 78.4 Å². The van der Waals surface area contributed by atoms with Gasteiger partial charge in [0.25, 0.3) is 11.8 Å². The van der Waals surface area contributed by atoms with Crippen LogP contribution in [0.2, 0.25) is 0 Å². The van der Waals surface area contributed by atoms with Crippen molar-refractivity contribution in [2.45, 2.75) is 40.0 Å². The highest BCUT2D eigenvalue weighted by Crippen LogP contribution is 2.23. The summed E-state index contributed by atoms with van der Waals surface area (Å²) in [6.07, 6.45) is 0. The van der Waals surface area contributed by atoms with E-state index in [9.17, 15) is 9.59 Å². The molecule has 0 bridgehead atoms. The van der Waals surface area contributed by atoms with Gasteiger partial charge in [-0.3, -0.25) is 9.59 Å². The number of anilines is 2. The second kappa shape index (κ2) is 8.54. The zero-order valence-corrected chi connectivity index (χ0v) is 18.2. The van der Waals surface area contributed by atoms with Crippen LogP contribution in [-0.2, 0) is 5.41 Å². The van der Waals surface area contributed by atoms with Crippen molar-refractivity contribution in [1.29, 1.82) is 0 Å². The van der Waals surface area contributed by atoms with Crippen molar-refractivity contribution in [3.8, 4) is 0 Å². The van der Waals surface area contributed by atoms with E-state index >= 15 is 0 Å². The van der Waals surface area contributed by atoms with Crippen LogP contribution in [-0.4, -0.2) is 11.8 Å². The van der Waals surface area contributed by atoms with Crippen molar-refractivity contribution in [3.63, 3.8) is 0 Å². The smallest absolute Gasteiger partial charge is 0.255 e. The number of hydrogen-bond acceptors (Lipinski definition) is 2.